The maximum atomic E-state index is 13.3. The van der Waals surface area contributed by atoms with Gasteiger partial charge >= 0.3 is 0 Å². The summed E-state index contributed by atoms with van der Waals surface area (Å²) in [7, 11) is 0. The Morgan fingerprint density at radius 3 is 2.69 bits per heavy atom. The van der Waals surface area contributed by atoms with Crippen LogP contribution in [0, 0.1) is 0 Å². The van der Waals surface area contributed by atoms with E-state index in [0.29, 0.717) is 17.0 Å². The molecule has 13 heteroatoms. The molecule has 0 spiro atoms. The van der Waals surface area contributed by atoms with Crippen molar-refractivity contribution in [3.05, 3.63) is 70.8 Å². The summed E-state index contributed by atoms with van der Waals surface area (Å²) >= 11 is 0. The zero-order valence-electron chi connectivity index (χ0n) is 22.8. The van der Waals surface area contributed by atoms with Gasteiger partial charge in [-0.3, -0.25) is 29.9 Å². The number of carbonyl (C=O) groups is 3. The largest absolute Gasteiger partial charge is 0.394 e. The number of ether oxygens (including phenoxy) is 1. The van der Waals surface area contributed by atoms with Crippen LogP contribution >= 0.6 is 0 Å². The van der Waals surface area contributed by atoms with Crippen LogP contribution in [-0.2, 0) is 16.0 Å². The molecular formula is C29H30N6O7. The summed E-state index contributed by atoms with van der Waals surface area (Å²) in [5.74, 6) is -1.62. The first kappa shape index (κ1) is 28.0. The first-order valence-electron chi connectivity index (χ1n) is 13.7. The van der Waals surface area contributed by atoms with Gasteiger partial charge in [0.05, 0.1) is 17.7 Å². The van der Waals surface area contributed by atoms with Crippen molar-refractivity contribution >= 4 is 35.5 Å². The molecule has 2 aromatic carbocycles. The quantitative estimate of drug-likeness (QED) is 0.287. The molecule has 13 nitrogen and oxygen atoms in total. The molecule has 6 rings (SSSR count). The SMILES string of the molecule is CCCCc1cccc2c1C(=O)N(O[C@H]1[C@@H](O)[C@H](N3CN=C4C3=NC=NC4(N)C(=O)c3ccccc3)O[C@@H]1CO)C2=O. The number of rotatable bonds is 9. The molecule has 1 saturated heterocycles. The Morgan fingerprint density at radius 1 is 1.17 bits per heavy atom. The van der Waals surface area contributed by atoms with E-state index >= 15 is 0 Å². The van der Waals surface area contributed by atoms with Crippen LogP contribution in [0.2, 0.25) is 0 Å². The minimum absolute atomic E-state index is 0.0844. The fourth-order valence-electron chi connectivity index (χ4n) is 5.64. The third-order valence-corrected chi connectivity index (χ3v) is 7.84. The Morgan fingerprint density at radius 2 is 1.95 bits per heavy atom. The lowest BCUT2D eigenvalue weighted by molar-refractivity contribution is -0.170. The van der Waals surface area contributed by atoms with Gasteiger partial charge in [-0.15, -0.1) is 5.06 Å². The monoisotopic (exact) mass is 574 g/mol. The number of carbonyl (C=O) groups excluding carboxylic acids is 3. The van der Waals surface area contributed by atoms with Crippen LogP contribution in [0.3, 0.4) is 0 Å². The second-order valence-electron chi connectivity index (χ2n) is 10.4. The normalized spacial score (nSPS) is 28.2. The van der Waals surface area contributed by atoms with E-state index in [-0.39, 0.29) is 29.3 Å². The number of ketones is 1. The topological polar surface area (TPSA) is 180 Å². The summed E-state index contributed by atoms with van der Waals surface area (Å²) in [5, 5.41) is 22.1. The van der Waals surface area contributed by atoms with Gasteiger partial charge in [0.25, 0.3) is 11.8 Å². The number of aliphatic hydroxyl groups is 2. The van der Waals surface area contributed by atoms with Crippen LogP contribution in [0.4, 0.5) is 0 Å². The molecule has 218 valence electrons. The molecule has 1 unspecified atom stereocenters. The van der Waals surface area contributed by atoms with Crippen LogP contribution in [0.5, 0.6) is 0 Å². The fourth-order valence-corrected chi connectivity index (χ4v) is 5.64. The number of nitrogens with zero attached hydrogens (tertiary/aromatic N) is 5. The lowest BCUT2D eigenvalue weighted by Gasteiger charge is -2.32. The minimum atomic E-state index is -1.85. The number of aliphatic hydroxyl groups excluding tert-OH is 2. The number of aliphatic imine (C=N–C) groups is 3. The highest BCUT2D eigenvalue weighted by Gasteiger charge is 2.55. The first-order valence-corrected chi connectivity index (χ1v) is 13.7. The van der Waals surface area contributed by atoms with E-state index in [1.54, 1.807) is 42.5 Å². The van der Waals surface area contributed by atoms with Crippen molar-refractivity contribution in [1.82, 2.24) is 9.96 Å². The number of hydrogen-bond acceptors (Lipinski definition) is 12. The minimum Gasteiger partial charge on any atom is -0.394 e. The zero-order chi connectivity index (χ0) is 29.6. The fraction of sp³-hybridized carbons (Fsp3) is 0.379. The van der Waals surface area contributed by atoms with Crippen molar-refractivity contribution < 1.29 is 34.2 Å². The Hall–Kier alpha value is -4.14. The third kappa shape index (κ3) is 4.37. The van der Waals surface area contributed by atoms with E-state index in [1.807, 2.05) is 13.0 Å². The lowest BCUT2D eigenvalue weighted by atomic mass is 9.93. The van der Waals surface area contributed by atoms with Crippen molar-refractivity contribution in [3.63, 3.8) is 0 Å². The number of amidine groups is 1. The van der Waals surface area contributed by atoms with Crippen LogP contribution in [0.15, 0.2) is 63.5 Å². The van der Waals surface area contributed by atoms with E-state index < -0.39 is 54.4 Å². The van der Waals surface area contributed by atoms with Gasteiger partial charge in [0, 0.05) is 5.56 Å². The smallest absolute Gasteiger partial charge is 0.286 e. The zero-order valence-corrected chi connectivity index (χ0v) is 22.8. The van der Waals surface area contributed by atoms with E-state index in [1.165, 1.54) is 4.90 Å². The molecule has 2 aromatic rings. The number of unbranched alkanes of at least 4 members (excludes halogenated alkanes) is 1. The second kappa shape index (κ2) is 10.9. The molecule has 4 N–H and O–H groups in total. The molecule has 0 aromatic heterocycles. The van der Waals surface area contributed by atoms with Crippen molar-refractivity contribution in [2.45, 2.75) is 56.4 Å². The van der Waals surface area contributed by atoms with E-state index in [0.717, 1.165) is 24.7 Å². The lowest BCUT2D eigenvalue weighted by Crippen LogP contribution is -2.59. The van der Waals surface area contributed by atoms with E-state index in [2.05, 4.69) is 15.0 Å². The molecular weight excluding hydrogens is 544 g/mol. The number of amides is 2. The second-order valence-corrected chi connectivity index (χ2v) is 10.4. The van der Waals surface area contributed by atoms with Crippen molar-refractivity contribution in [2.75, 3.05) is 13.3 Å². The van der Waals surface area contributed by atoms with Gasteiger partial charge in [0.1, 0.15) is 37.0 Å². The van der Waals surface area contributed by atoms with Crippen molar-refractivity contribution in [2.24, 2.45) is 20.7 Å². The maximum absolute atomic E-state index is 13.3. The Labute approximate surface area is 240 Å². The summed E-state index contributed by atoms with van der Waals surface area (Å²) < 4.78 is 5.94. The van der Waals surface area contributed by atoms with Gasteiger partial charge in [-0.05, 0) is 24.5 Å². The summed E-state index contributed by atoms with van der Waals surface area (Å²) in [5.41, 5.74) is 6.31. The van der Waals surface area contributed by atoms with Crippen molar-refractivity contribution in [3.8, 4) is 0 Å². The number of aryl methyl sites for hydroxylation is 1. The molecule has 42 heavy (non-hydrogen) atoms. The summed E-state index contributed by atoms with van der Waals surface area (Å²) in [6.45, 7) is 1.37. The highest BCUT2D eigenvalue weighted by Crippen LogP contribution is 2.34. The highest BCUT2D eigenvalue weighted by atomic mass is 16.7. The predicted octanol–water partition coefficient (Wildman–Crippen LogP) is 0.696. The van der Waals surface area contributed by atoms with Gasteiger partial charge < -0.3 is 19.8 Å². The number of imide groups is 1. The summed E-state index contributed by atoms with van der Waals surface area (Å²) in [6.07, 6.45) is -1.48. The molecule has 0 aliphatic carbocycles. The molecule has 1 fully saturated rings. The van der Waals surface area contributed by atoms with Crippen LogP contribution in [-0.4, -0.2) is 99.1 Å². The maximum Gasteiger partial charge on any atom is 0.286 e. The van der Waals surface area contributed by atoms with Gasteiger partial charge in [-0.2, -0.15) is 0 Å². The number of hydroxylamine groups is 2. The predicted molar refractivity (Wildman–Crippen MR) is 150 cm³/mol. The molecule has 4 heterocycles. The molecule has 5 atom stereocenters. The molecule has 0 saturated carbocycles. The molecule has 0 radical (unpaired) electrons. The van der Waals surface area contributed by atoms with Crippen LogP contribution < -0.4 is 5.73 Å². The van der Waals surface area contributed by atoms with Crippen LogP contribution in [0.1, 0.15) is 56.4 Å². The Bertz CT molecular complexity index is 1530. The molecule has 0 bridgehead atoms. The third-order valence-electron chi connectivity index (χ3n) is 7.84. The number of benzene rings is 2. The summed E-state index contributed by atoms with van der Waals surface area (Å²) in [6, 6.07) is 13.5. The van der Waals surface area contributed by atoms with Gasteiger partial charge in [0.15, 0.2) is 12.1 Å². The van der Waals surface area contributed by atoms with Gasteiger partial charge in [-0.25, -0.2) is 9.98 Å². The highest BCUT2D eigenvalue weighted by molar-refractivity contribution is 6.52. The van der Waals surface area contributed by atoms with E-state index in [4.69, 9.17) is 15.3 Å². The van der Waals surface area contributed by atoms with E-state index in [9.17, 15) is 24.6 Å². The van der Waals surface area contributed by atoms with Gasteiger partial charge in [-0.1, -0.05) is 55.8 Å². The number of Topliss-reactive ketones (excluding diaryl/α,β-unsaturated/α-hetero) is 1. The summed E-state index contributed by atoms with van der Waals surface area (Å²) in [4.78, 5) is 60.0. The molecule has 2 amide bonds. The molecule has 4 aliphatic heterocycles. The van der Waals surface area contributed by atoms with Crippen molar-refractivity contribution in [1.29, 1.82) is 0 Å². The molecule has 4 aliphatic rings. The Balaban J connectivity index is 1.22. The first-order chi connectivity index (χ1) is 20.3. The number of nitrogens with two attached hydrogens (primary N) is 1. The Kier molecular flexibility index (Phi) is 7.29. The van der Waals surface area contributed by atoms with Crippen LogP contribution in [0.25, 0.3) is 0 Å². The average Bonchev–Trinajstić information content (AvgIpc) is 3.65. The average molecular weight is 575 g/mol. The standard InChI is InChI=1S/C29H30N6O7/c1-2-3-8-16-11-7-12-18-20(16)27(40)35(26(18)39)42-22-19(13-36)41-28(21(22)37)34-15-32-23-25(34)31-14-33-29(23,30)24(38)17-9-5-4-6-10-17/h4-7,9-12,14,19,21-22,28,36-37H,2-3,8,13,15,30H2,1H3/t19-,21-,22-,28-,29?/m1/s1. The number of hydrogen-bond donors (Lipinski definition) is 3. The number of fused-ring (bicyclic) bond motifs is 2. The van der Waals surface area contributed by atoms with Gasteiger partial charge in [0.2, 0.25) is 11.4 Å².